The molecular formula is C13H22N2O3. The summed E-state index contributed by atoms with van der Waals surface area (Å²) in [4.78, 5) is 25.9. The Morgan fingerprint density at radius 2 is 1.89 bits per heavy atom. The van der Waals surface area contributed by atoms with Crippen LogP contribution in [0.4, 0.5) is 0 Å². The number of amides is 1. The van der Waals surface area contributed by atoms with Crippen molar-refractivity contribution in [1.29, 1.82) is 0 Å². The molecular weight excluding hydrogens is 232 g/mol. The number of nitrogens with zero attached hydrogens (tertiary/aromatic N) is 1. The monoisotopic (exact) mass is 254 g/mol. The molecule has 0 unspecified atom stereocenters. The molecule has 1 amide bonds. The Morgan fingerprint density at radius 3 is 2.50 bits per heavy atom. The average Bonchev–Trinajstić information content (AvgIpc) is 2.65. The third-order valence-corrected chi connectivity index (χ3v) is 3.56. The maximum absolute atomic E-state index is 12.1. The Balaban J connectivity index is 2.10. The largest absolute Gasteiger partial charge is 0.458 e. The molecule has 0 radical (unpaired) electrons. The van der Waals surface area contributed by atoms with Crippen molar-refractivity contribution in [1.82, 2.24) is 4.90 Å². The fraction of sp³-hybridized carbons (Fsp3) is 0.846. The van der Waals surface area contributed by atoms with E-state index >= 15 is 0 Å². The Morgan fingerprint density at radius 1 is 1.28 bits per heavy atom. The second kappa shape index (κ2) is 4.53. The fourth-order valence-electron chi connectivity index (χ4n) is 2.79. The molecule has 102 valence electrons. The molecule has 2 aliphatic rings. The molecule has 0 aromatic heterocycles. The Kier molecular flexibility index (Phi) is 3.36. The molecule has 2 fully saturated rings. The van der Waals surface area contributed by atoms with Gasteiger partial charge in [-0.15, -0.1) is 0 Å². The minimum Gasteiger partial charge on any atom is -0.458 e. The van der Waals surface area contributed by atoms with Crippen LogP contribution in [-0.2, 0) is 14.3 Å². The first-order valence-corrected chi connectivity index (χ1v) is 6.60. The molecule has 0 saturated carbocycles. The fourth-order valence-corrected chi connectivity index (χ4v) is 2.79. The molecule has 18 heavy (non-hydrogen) atoms. The van der Waals surface area contributed by atoms with Gasteiger partial charge in [-0.2, -0.15) is 0 Å². The number of esters is 1. The molecule has 2 heterocycles. The van der Waals surface area contributed by atoms with E-state index < -0.39 is 17.7 Å². The molecule has 2 aliphatic heterocycles. The van der Waals surface area contributed by atoms with E-state index in [1.807, 2.05) is 20.8 Å². The third-order valence-electron chi connectivity index (χ3n) is 3.56. The van der Waals surface area contributed by atoms with Crippen molar-refractivity contribution >= 4 is 11.9 Å². The van der Waals surface area contributed by atoms with Crippen molar-refractivity contribution in [3.05, 3.63) is 0 Å². The van der Waals surface area contributed by atoms with Crippen LogP contribution in [0.1, 0.15) is 46.5 Å². The second-order valence-electron chi connectivity index (χ2n) is 6.21. The first-order chi connectivity index (χ1) is 8.29. The van der Waals surface area contributed by atoms with Crippen LogP contribution in [-0.4, -0.2) is 40.5 Å². The maximum atomic E-state index is 12.1. The van der Waals surface area contributed by atoms with Crippen molar-refractivity contribution in [3.63, 3.8) is 0 Å². The lowest BCUT2D eigenvalue weighted by Crippen LogP contribution is -2.55. The van der Waals surface area contributed by atoms with E-state index in [2.05, 4.69) is 0 Å². The van der Waals surface area contributed by atoms with E-state index in [0.29, 0.717) is 6.42 Å². The summed E-state index contributed by atoms with van der Waals surface area (Å²) in [5.74, 6) is -0.396. The highest BCUT2D eigenvalue weighted by molar-refractivity contribution is 5.89. The van der Waals surface area contributed by atoms with Gasteiger partial charge in [-0.1, -0.05) is 0 Å². The van der Waals surface area contributed by atoms with Gasteiger partial charge in [0.05, 0.1) is 6.04 Å². The van der Waals surface area contributed by atoms with Crippen LogP contribution in [0.25, 0.3) is 0 Å². The zero-order valence-corrected chi connectivity index (χ0v) is 11.3. The standard InChI is InChI=1S/C13H22N2O3/c1-13(2,3)18-12(17)10-7-5-8-4-6-9(14)11(16)15(8)10/h8-10H,4-7,14H2,1-3H3/t8-,9+,10-/m0/s1. The highest BCUT2D eigenvalue weighted by Gasteiger charge is 2.46. The molecule has 2 rings (SSSR count). The summed E-state index contributed by atoms with van der Waals surface area (Å²) in [6.45, 7) is 5.50. The summed E-state index contributed by atoms with van der Waals surface area (Å²) in [6, 6.07) is -0.716. The van der Waals surface area contributed by atoms with Crippen LogP contribution >= 0.6 is 0 Å². The number of rotatable bonds is 1. The lowest BCUT2D eigenvalue weighted by molar-refractivity contribution is -0.165. The first-order valence-electron chi connectivity index (χ1n) is 6.60. The Hall–Kier alpha value is -1.10. The quantitative estimate of drug-likeness (QED) is 0.703. The summed E-state index contributed by atoms with van der Waals surface area (Å²) in [7, 11) is 0. The van der Waals surface area contributed by atoms with Crippen LogP contribution in [0.15, 0.2) is 0 Å². The molecule has 0 aromatic carbocycles. The van der Waals surface area contributed by atoms with E-state index in [4.69, 9.17) is 10.5 Å². The van der Waals surface area contributed by atoms with E-state index in [1.54, 1.807) is 4.90 Å². The predicted octanol–water partition coefficient (Wildman–Crippen LogP) is 0.809. The lowest BCUT2D eigenvalue weighted by Gasteiger charge is -2.36. The zero-order valence-electron chi connectivity index (χ0n) is 11.3. The van der Waals surface area contributed by atoms with Crippen LogP contribution in [0.3, 0.4) is 0 Å². The first kappa shape index (κ1) is 13.3. The molecule has 3 atom stereocenters. The number of nitrogens with two attached hydrogens (primary N) is 1. The maximum Gasteiger partial charge on any atom is 0.329 e. The molecule has 0 spiro atoms. The minimum absolute atomic E-state index is 0.0976. The van der Waals surface area contributed by atoms with Crippen LogP contribution in [0.5, 0.6) is 0 Å². The van der Waals surface area contributed by atoms with Gasteiger partial charge in [0.25, 0.3) is 0 Å². The predicted molar refractivity (Wildman–Crippen MR) is 66.7 cm³/mol. The Labute approximate surface area is 108 Å². The van der Waals surface area contributed by atoms with Crippen molar-refractivity contribution in [2.75, 3.05) is 0 Å². The van der Waals surface area contributed by atoms with E-state index in [1.165, 1.54) is 0 Å². The van der Waals surface area contributed by atoms with Crippen molar-refractivity contribution in [3.8, 4) is 0 Å². The number of piperidine rings is 1. The number of fused-ring (bicyclic) bond motifs is 1. The smallest absolute Gasteiger partial charge is 0.329 e. The van der Waals surface area contributed by atoms with E-state index in [-0.39, 0.29) is 17.9 Å². The van der Waals surface area contributed by atoms with Gasteiger partial charge >= 0.3 is 5.97 Å². The number of ether oxygens (including phenoxy) is 1. The molecule has 0 aromatic rings. The van der Waals surface area contributed by atoms with E-state index in [9.17, 15) is 9.59 Å². The molecule has 2 saturated heterocycles. The number of carbonyl (C=O) groups excluding carboxylic acids is 2. The van der Waals surface area contributed by atoms with Crippen molar-refractivity contribution < 1.29 is 14.3 Å². The summed E-state index contributed by atoms with van der Waals surface area (Å²) < 4.78 is 5.38. The second-order valence-corrected chi connectivity index (χ2v) is 6.21. The summed E-state index contributed by atoms with van der Waals surface area (Å²) in [5.41, 5.74) is 5.26. The topological polar surface area (TPSA) is 72.6 Å². The third kappa shape index (κ3) is 2.51. The van der Waals surface area contributed by atoms with Crippen molar-refractivity contribution in [2.45, 2.75) is 70.2 Å². The van der Waals surface area contributed by atoms with Crippen LogP contribution in [0, 0.1) is 0 Å². The van der Waals surface area contributed by atoms with Crippen LogP contribution in [0.2, 0.25) is 0 Å². The number of carbonyl (C=O) groups is 2. The molecule has 0 bridgehead atoms. The normalized spacial score (nSPS) is 32.3. The number of hydrogen-bond donors (Lipinski definition) is 1. The van der Waals surface area contributed by atoms with Gasteiger partial charge in [0.15, 0.2) is 0 Å². The molecule has 0 aliphatic carbocycles. The van der Waals surface area contributed by atoms with Gasteiger partial charge in [-0.05, 0) is 46.5 Å². The van der Waals surface area contributed by atoms with Gasteiger partial charge in [-0.25, -0.2) is 4.79 Å². The summed E-state index contributed by atoms with van der Waals surface area (Å²) >= 11 is 0. The Bertz CT molecular complexity index is 362. The lowest BCUT2D eigenvalue weighted by atomic mass is 9.99. The average molecular weight is 254 g/mol. The zero-order chi connectivity index (χ0) is 13.5. The van der Waals surface area contributed by atoms with Gasteiger partial charge in [0.2, 0.25) is 5.91 Å². The summed E-state index contributed by atoms with van der Waals surface area (Å²) in [5, 5.41) is 0. The molecule has 2 N–H and O–H groups in total. The minimum atomic E-state index is -0.518. The van der Waals surface area contributed by atoms with Gasteiger partial charge in [0, 0.05) is 6.04 Å². The van der Waals surface area contributed by atoms with E-state index in [0.717, 1.165) is 19.3 Å². The highest BCUT2D eigenvalue weighted by atomic mass is 16.6. The molecule has 5 heteroatoms. The number of hydrogen-bond acceptors (Lipinski definition) is 4. The summed E-state index contributed by atoms with van der Waals surface area (Å²) in [6.07, 6.45) is 3.19. The van der Waals surface area contributed by atoms with Gasteiger partial charge in [-0.3, -0.25) is 4.79 Å². The highest BCUT2D eigenvalue weighted by Crippen LogP contribution is 2.33. The van der Waals surface area contributed by atoms with Crippen LogP contribution < -0.4 is 5.73 Å². The SMILES string of the molecule is CC(C)(C)OC(=O)[C@@H]1CC[C@@H]2CC[C@@H](N)C(=O)N21. The van der Waals surface area contributed by atoms with Crippen molar-refractivity contribution in [2.24, 2.45) is 5.73 Å². The van der Waals surface area contributed by atoms with Gasteiger partial charge < -0.3 is 15.4 Å². The van der Waals surface area contributed by atoms with Gasteiger partial charge in [0.1, 0.15) is 11.6 Å². The molecule has 5 nitrogen and oxygen atoms in total.